The highest BCUT2D eigenvalue weighted by molar-refractivity contribution is 5.86. The van der Waals surface area contributed by atoms with Gasteiger partial charge in [-0.25, -0.2) is 0 Å². The number of ketones is 1. The minimum atomic E-state index is -0.675. The van der Waals surface area contributed by atoms with Gasteiger partial charge in [-0.05, 0) is 13.8 Å². The van der Waals surface area contributed by atoms with E-state index in [1.807, 2.05) is 0 Å². The zero-order valence-electron chi connectivity index (χ0n) is 6.49. The van der Waals surface area contributed by atoms with Crippen molar-refractivity contribution in [1.29, 1.82) is 0 Å². The van der Waals surface area contributed by atoms with Crippen molar-refractivity contribution < 1.29 is 19.0 Å². The first-order valence-corrected chi connectivity index (χ1v) is 3.58. The van der Waals surface area contributed by atoms with Crippen LogP contribution in [0.25, 0.3) is 0 Å². The molecule has 0 aromatic heterocycles. The number of Topliss-reactive ketones (excluding diaryl/α,β-unsaturated/α-hetero) is 1. The van der Waals surface area contributed by atoms with Gasteiger partial charge in [0.1, 0.15) is 6.61 Å². The van der Waals surface area contributed by atoms with Gasteiger partial charge in [-0.2, -0.15) is 0 Å². The third-order valence-electron chi connectivity index (χ3n) is 1.77. The molecule has 0 N–H and O–H groups in total. The Kier molecular flexibility index (Phi) is 1.33. The molecule has 2 rings (SSSR count). The second-order valence-electron chi connectivity index (χ2n) is 3.20. The Balaban J connectivity index is 2.16. The summed E-state index contributed by atoms with van der Waals surface area (Å²) in [7, 11) is 0. The second-order valence-corrected chi connectivity index (χ2v) is 3.20. The molecule has 11 heavy (non-hydrogen) atoms. The first-order chi connectivity index (χ1) is 5.08. The van der Waals surface area contributed by atoms with E-state index in [1.165, 1.54) is 0 Å². The fourth-order valence-corrected chi connectivity index (χ4v) is 1.32. The number of hydrogen-bond acceptors (Lipinski definition) is 4. The molecule has 2 heterocycles. The summed E-state index contributed by atoms with van der Waals surface area (Å²) < 4.78 is 15.6. The smallest absolute Gasteiger partial charge is 0.194 e. The SMILES string of the molecule is CC1(C)OC2OCC(=O)C2O1. The maximum absolute atomic E-state index is 11.0. The summed E-state index contributed by atoms with van der Waals surface area (Å²) in [6, 6.07) is 0. The van der Waals surface area contributed by atoms with Gasteiger partial charge < -0.3 is 14.2 Å². The van der Waals surface area contributed by atoms with Crippen molar-refractivity contribution >= 4 is 5.78 Å². The van der Waals surface area contributed by atoms with E-state index in [1.54, 1.807) is 13.8 Å². The average Bonchev–Trinajstić information content (AvgIpc) is 2.31. The first-order valence-electron chi connectivity index (χ1n) is 3.58. The highest BCUT2D eigenvalue weighted by Gasteiger charge is 2.49. The lowest BCUT2D eigenvalue weighted by molar-refractivity contribution is -0.193. The highest BCUT2D eigenvalue weighted by atomic mass is 16.8. The molecular weight excluding hydrogens is 148 g/mol. The first kappa shape index (κ1) is 7.21. The largest absolute Gasteiger partial charge is 0.341 e. The zero-order chi connectivity index (χ0) is 8.06. The van der Waals surface area contributed by atoms with Gasteiger partial charge in [-0.15, -0.1) is 0 Å². The maximum atomic E-state index is 11.0. The zero-order valence-corrected chi connectivity index (χ0v) is 6.49. The fraction of sp³-hybridized carbons (Fsp3) is 0.857. The van der Waals surface area contributed by atoms with Gasteiger partial charge in [0, 0.05) is 0 Å². The Bertz CT molecular complexity index is 199. The fourth-order valence-electron chi connectivity index (χ4n) is 1.32. The van der Waals surface area contributed by atoms with Gasteiger partial charge >= 0.3 is 0 Å². The van der Waals surface area contributed by atoms with Crippen molar-refractivity contribution in [3.63, 3.8) is 0 Å². The molecule has 0 saturated carbocycles. The standard InChI is InChI=1S/C7H10O4/c1-7(2)10-5-4(8)3-9-6(5)11-7/h5-6H,3H2,1-2H3. The van der Waals surface area contributed by atoms with Crippen molar-refractivity contribution in [1.82, 2.24) is 0 Å². The molecule has 0 aromatic rings. The minimum absolute atomic E-state index is 0.0272. The molecule has 0 radical (unpaired) electrons. The summed E-state index contributed by atoms with van der Waals surface area (Å²) in [5.74, 6) is -0.702. The van der Waals surface area contributed by atoms with Gasteiger partial charge in [0.2, 0.25) is 0 Å². The van der Waals surface area contributed by atoms with Crippen molar-refractivity contribution in [3.05, 3.63) is 0 Å². The molecule has 4 heteroatoms. The van der Waals surface area contributed by atoms with E-state index in [-0.39, 0.29) is 12.4 Å². The Hall–Kier alpha value is -0.450. The highest BCUT2D eigenvalue weighted by Crippen LogP contribution is 2.32. The van der Waals surface area contributed by atoms with Crippen LogP contribution in [-0.4, -0.2) is 30.6 Å². The molecule has 2 unspecified atom stereocenters. The van der Waals surface area contributed by atoms with Crippen LogP contribution < -0.4 is 0 Å². The average molecular weight is 158 g/mol. The van der Waals surface area contributed by atoms with Crippen LogP contribution >= 0.6 is 0 Å². The molecule has 2 saturated heterocycles. The number of hydrogen-bond donors (Lipinski definition) is 0. The van der Waals surface area contributed by atoms with Crippen LogP contribution in [0.5, 0.6) is 0 Å². The lowest BCUT2D eigenvalue weighted by Crippen LogP contribution is -2.26. The topological polar surface area (TPSA) is 44.8 Å². The van der Waals surface area contributed by atoms with Crippen molar-refractivity contribution in [2.24, 2.45) is 0 Å². The van der Waals surface area contributed by atoms with E-state index in [4.69, 9.17) is 14.2 Å². The Morgan fingerprint density at radius 2 is 2.18 bits per heavy atom. The van der Waals surface area contributed by atoms with Gasteiger partial charge in [-0.3, -0.25) is 4.79 Å². The van der Waals surface area contributed by atoms with Crippen LogP contribution in [0.2, 0.25) is 0 Å². The summed E-state index contributed by atoms with van der Waals surface area (Å²) in [5, 5.41) is 0. The number of carbonyl (C=O) groups excluding carboxylic acids is 1. The van der Waals surface area contributed by atoms with Crippen molar-refractivity contribution in [2.75, 3.05) is 6.61 Å². The van der Waals surface area contributed by atoms with Gasteiger partial charge in [0.05, 0.1) is 0 Å². The Morgan fingerprint density at radius 1 is 1.45 bits per heavy atom. The number of fused-ring (bicyclic) bond motifs is 1. The van der Waals surface area contributed by atoms with E-state index in [0.717, 1.165) is 0 Å². The third kappa shape index (κ3) is 1.07. The van der Waals surface area contributed by atoms with Crippen LogP contribution in [0.3, 0.4) is 0 Å². The molecular formula is C7H10O4. The molecule has 2 aliphatic rings. The predicted molar refractivity (Wildman–Crippen MR) is 34.8 cm³/mol. The number of ether oxygens (including phenoxy) is 3. The summed E-state index contributed by atoms with van der Waals surface area (Å²) in [6.07, 6.45) is -0.970. The van der Waals surface area contributed by atoms with E-state index in [2.05, 4.69) is 0 Å². The normalized spacial score (nSPS) is 41.1. The maximum Gasteiger partial charge on any atom is 0.194 e. The van der Waals surface area contributed by atoms with Crippen LogP contribution in [0.4, 0.5) is 0 Å². The lowest BCUT2D eigenvalue weighted by Gasteiger charge is -2.16. The Labute approximate surface area is 64.4 Å². The molecule has 62 valence electrons. The summed E-state index contributed by atoms with van der Waals surface area (Å²) >= 11 is 0. The second kappa shape index (κ2) is 2.03. The van der Waals surface area contributed by atoms with E-state index < -0.39 is 18.2 Å². The lowest BCUT2D eigenvalue weighted by atomic mass is 10.3. The Morgan fingerprint density at radius 3 is 2.82 bits per heavy atom. The van der Waals surface area contributed by atoms with E-state index in [9.17, 15) is 4.79 Å². The van der Waals surface area contributed by atoms with Gasteiger partial charge in [-0.1, -0.05) is 0 Å². The number of rotatable bonds is 0. The van der Waals surface area contributed by atoms with E-state index >= 15 is 0 Å². The monoisotopic (exact) mass is 158 g/mol. The molecule has 2 aliphatic heterocycles. The summed E-state index contributed by atoms with van der Waals surface area (Å²) in [6.45, 7) is 3.65. The molecule has 2 fully saturated rings. The molecule has 4 nitrogen and oxygen atoms in total. The van der Waals surface area contributed by atoms with Gasteiger partial charge in [0.25, 0.3) is 0 Å². The predicted octanol–water partition coefficient (Wildman–Crippen LogP) is 0.0633. The van der Waals surface area contributed by atoms with Crippen LogP contribution in [0, 0.1) is 0 Å². The molecule has 0 aromatic carbocycles. The molecule has 2 atom stereocenters. The number of carbonyl (C=O) groups is 1. The molecule has 0 amide bonds. The van der Waals surface area contributed by atoms with Crippen molar-refractivity contribution in [3.8, 4) is 0 Å². The summed E-state index contributed by atoms with van der Waals surface area (Å²) in [5.41, 5.74) is 0. The molecule has 0 aliphatic carbocycles. The van der Waals surface area contributed by atoms with Crippen LogP contribution in [0.15, 0.2) is 0 Å². The summed E-state index contributed by atoms with van der Waals surface area (Å²) in [4.78, 5) is 11.0. The van der Waals surface area contributed by atoms with Crippen LogP contribution in [0.1, 0.15) is 13.8 Å². The minimum Gasteiger partial charge on any atom is -0.341 e. The van der Waals surface area contributed by atoms with Crippen molar-refractivity contribution in [2.45, 2.75) is 32.0 Å². The van der Waals surface area contributed by atoms with E-state index in [0.29, 0.717) is 0 Å². The molecule has 0 spiro atoms. The molecule has 0 bridgehead atoms. The van der Waals surface area contributed by atoms with Crippen LogP contribution in [-0.2, 0) is 19.0 Å². The third-order valence-corrected chi connectivity index (χ3v) is 1.77. The van der Waals surface area contributed by atoms with Gasteiger partial charge in [0.15, 0.2) is 24.0 Å². The quantitative estimate of drug-likeness (QED) is 0.500.